The summed E-state index contributed by atoms with van der Waals surface area (Å²) in [5.74, 6) is 0. The van der Waals surface area contributed by atoms with E-state index in [0.29, 0.717) is 31.1 Å². The highest BCUT2D eigenvalue weighted by atomic mass is 79.9. The van der Waals surface area contributed by atoms with Crippen LogP contribution in [0.5, 0.6) is 0 Å². The van der Waals surface area contributed by atoms with Gasteiger partial charge in [0.2, 0.25) is 10.0 Å². The first-order valence-corrected chi connectivity index (χ1v) is 12.1. The third-order valence-electron chi connectivity index (χ3n) is 4.27. The fourth-order valence-corrected chi connectivity index (χ4v) is 6.05. The quantitative estimate of drug-likeness (QED) is 0.575. The van der Waals surface area contributed by atoms with E-state index in [-0.39, 0.29) is 0 Å². The van der Waals surface area contributed by atoms with Gasteiger partial charge in [0.15, 0.2) is 5.13 Å². The van der Waals surface area contributed by atoms with E-state index in [4.69, 9.17) is 4.98 Å². The molecule has 3 aromatic rings. The standard InChI is InChI=1S/C17H16BrN3O2S3/c18-14-1-3-15(4-2-14)26(22,23)21-8-6-20(7-9-21)17-19-16(12-25-17)13-5-10-24-11-13/h1-5,10-12H,6-9H2. The van der Waals surface area contributed by atoms with Crippen LogP contribution in [0.15, 0.2) is 55.8 Å². The van der Waals surface area contributed by atoms with Gasteiger partial charge in [-0.05, 0) is 35.7 Å². The van der Waals surface area contributed by atoms with Gasteiger partial charge in [-0.2, -0.15) is 15.6 Å². The highest BCUT2D eigenvalue weighted by Gasteiger charge is 2.29. The Kier molecular flexibility index (Phi) is 5.15. The van der Waals surface area contributed by atoms with Crippen LogP contribution in [0.1, 0.15) is 0 Å². The van der Waals surface area contributed by atoms with Crippen LogP contribution < -0.4 is 4.90 Å². The van der Waals surface area contributed by atoms with Crippen LogP contribution in [0.3, 0.4) is 0 Å². The van der Waals surface area contributed by atoms with Crippen LogP contribution in [0.2, 0.25) is 0 Å². The SMILES string of the molecule is O=S(=O)(c1ccc(Br)cc1)N1CCN(c2nc(-c3ccsc3)cs2)CC1. The molecule has 0 unspecified atom stereocenters. The second-order valence-corrected chi connectivity index (χ2v) is 10.3. The van der Waals surface area contributed by atoms with Gasteiger partial charge >= 0.3 is 0 Å². The molecule has 9 heteroatoms. The lowest BCUT2D eigenvalue weighted by Crippen LogP contribution is -2.48. The molecule has 1 fully saturated rings. The van der Waals surface area contributed by atoms with Crippen molar-refractivity contribution in [2.75, 3.05) is 31.1 Å². The van der Waals surface area contributed by atoms with Crippen molar-refractivity contribution in [1.82, 2.24) is 9.29 Å². The lowest BCUT2D eigenvalue weighted by Gasteiger charge is -2.33. The summed E-state index contributed by atoms with van der Waals surface area (Å²) >= 11 is 6.60. The number of thiazole rings is 1. The molecular formula is C17H16BrN3O2S3. The predicted octanol–water partition coefficient (Wildman–Crippen LogP) is 4.15. The average molecular weight is 470 g/mol. The van der Waals surface area contributed by atoms with Crippen molar-refractivity contribution in [2.24, 2.45) is 0 Å². The molecule has 4 rings (SSSR count). The Balaban J connectivity index is 1.45. The van der Waals surface area contributed by atoms with Gasteiger partial charge in [-0.3, -0.25) is 0 Å². The summed E-state index contributed by atoms with van der Waals surface area (Å²) < 4.78 is 28.0. The fourth-order valence-electron chi connectivity index (χ4n) is 2.83. The van der Waals surface area contributed by atoms with E-state index in [9.17, 15) is 8.42 Å². The Morgan fingerprint density at radius 1 is 1.00 bits per heavy atom. The van der Waals surface area contributed by atoms with Crippen molar-refractivity contribution in [2.45, 2.75) is 4.90 Å². The van der Waals surface area contributed by atoms with Crippen molar-refractivity contribution in [3.63, 3.8) is 0 Å². The number of benzene rings is 1. The van der Waals surface area contributed by atoms with Crippen LogP contribution in [-0.2, 0) is 10.0 Å². The molecule has 1 saturated heterocycles. The number of hydrogen-bond acceptors (Lipinski definition) is 6. The van der Waals surface area contributed by atoms with Gasteiger partial charge in [0, 0.05) is 47.0 Å². The Morgan fingerprint density at radius 2 is 1.73 bits per heavy atom. The van der Waals surface area contributed by atoms with Crippen molar-refractivity contribution < 1.29 is 8.42 Å². The number of nitrogens with zero attached hydrogens (tertiary/aromatic N) is 3. The second-order valence-electron chi connectivity index (χ2n) is 5.87. The van der Waals surface area contributed by atoms with Crippen LogP contribution in [0.25, 0.3) is 11.3 Å². The lowest BCUT2D eigenvalue weighted by atomic mass is 10.3. The number of aromatic nitrogens is 1. The molecule has 1 aliphatic heterocycles. The number of hydrogen-bond donors (Lipinski definition) is 0. The van der Waals surface area contributed by atoms with Crippen molar-refractivity contribution in [3.05, 3.63) is 50.9 Å². The lowest BCUT2D eigenvalue weighted by molar-refractivity contribution is 0.385. The maximum absolute atomic E-state index is 12.8. The molecule has 0 spiro atoms. The molecule has 0 atom stereocenters. The summed E-state index contributed by atoms with van der Waals surface area (Å²) in [4.78, 5) is 7.21. The van der Waals surface area contributed by atoms with Gasteiger partial charge < -0.3 is 4.90 Å². The third kappa shape index (κ3) is 3.59. The fraction of sp³-hybridized carbons (Fsp3) is 0.235. The highest BCUT2D eigenvalue weighted by Crippen LogP contribution is 2.30. The summed E-state index contributed by atoms with van der Waals surface area (Å²) in [5, 5.41) is 7.14. The van der Waals surface area contributed by atoms with E-state index >= 15 is 0 Å². The first kappa shape index (κ1) is 18.1. The Labute approximate surface area is 169 Å². The second kappa shape index (κ2) is 7.40. The van der Waals surface area contributed by atoms with Gasteiger partial charge in [-0.25, -0.2) is 13.4 Å². The van der Waals surface area contributed by atoms with Crippen molar-refractivity contribution in [3.8, 4) is 11.3 Å². The third-order valence-corrected chi connectivity index (χ3v) is 8.30. The molecular weight excluding hydrogens is 454 g/mol. The minimum Gasteiger partial charge on any atom is -0.345 e. The minimum atomic E-state index is -3.44. The molecule has 2 aromatic heterocycles. The molecule has 1 aromatic carbocycles. The van der Waals surface area contributed by atoms with Crippen LogP contribution in [-0.4, -0.2) is 43.9 Å². The number of anilines is 1. The number of piperazine rings is 1. The van der Waals surface area contributed by atoms with Gasteiger partial charge in [0.25, 0.3) is 0 Å². The van der Waals surface area contributed by atoms with Crippen LogP contribution >= 0.6 is 38.6 Å². The topological polar surface area (TPSA) is 53.5 Å². The molecule has 26 heavy (non-hydrogen) atoms. The van der Waals surface area contributed by atoms with Gasteiger partial charge in [-0.15, -0.1) is 11.3 Å². The molecule has 136 valence electrons. The smallest absolute Gasteiger partial charge is 0.243 e. The minimum absolute atomic E-state index is 0.336. The molecule has 0 radical (unpaired) electrons. The zero-order valence-corrected chi connectivity index (χ0v) is 17.7. The van der Waals surface area contributed by atoms with E-state index in [1.165, 1.54) is 0 Å². The monoisotopic (exact) mass is 469 g/mol. The Morgan fingerprint density at radius 3 is 2.38 bits per heavy atom. The summed E-state index contributed by atoms with van der Waals surface area (Å²) in [6.07, 6.45) is 0. The molecule has 0 saturated carbocycles. The van der Waals surface area contributed by atoms with E-state index < -0.39 is 10.0 Å². The van der Waals surface area contributed by atoms with Crippen LogP contribution in [0.4, 0.5) is 5.13 Å². The van der Waals surface area contributed by atoms with E-state index in [0.717, 1.165) is 20.9 Å². The molecule has 1 aliphatic rings. The summed E-state index contributed by atoms with van der Waals surface area (Å²) in [5.41, 5.74) is 2.12. The van der Waals surface area contributed by atoms with Crippen LogP contribution in [0, 0.1) is 0 Å². The first-order valence-electron chi connectivity index (χ1n) is 8.03. The number of halogens is 1. The van der Waals surface area contributed by atoms with Crippen molar-refractivity contribution in [1.29, 1.82) is 0 Å². The van der Waals surface area contributed by atoms with Gasteiger partial charge in [0.05, 0.1) is 10.6 Å². The molecule has 3 heterocycles. The Hall–Kier alpha value is -1.26. The Bertz CT molecular complexity index is 977. The molecule has 0 N–H and O–H groups in total. The molecule has 5 nitrogen and oxygen atoms in total. The molecule has 0 bridgehead atoms. The largest absolute Gasteiger partial charge is 0.345 e. The maximum atomic E-state index is 12.8. The molecule has 0 amide bonds. The van der Waals surface area contributed by atoms with Gasteiger partial charge in [-0.1, -0.05) is 15.9 Å². The number of rotatable bonds is 4. The van der Waals surface area contributed by atoms with Crippen molar-refractivity contribution >= 4 is 53.8 Å². The average Bonchev–Trinajstić information content (AvgIpc) is 3.34. The van der Waals surface area contributed by atoms with E-state index in [1.54, 1.807) is 51.2 Å². The maximum Gasteiger partial charge on any atom is 0.243 e. The van der Waals surface area contributed by atoms with Gasteiger partial charge in [0.1, 0.15) is 0 Å². The number of thiophene rings is 1. The summed E-state index contributed by atoms with van der Waals surface area (Å²) in [7, 11) is -3.44. The summed E-state index contributed by atoms with van der Waals surface area (Å²) in [6, 6.07) is 8.85. The number of sulfonamides is 1. The zero-order chi connectivity index (χ0) is 18.1. The van der Waals surface area contributed by atoms with E-state index in [1.807, 2.05) is 5.38 Å². The summed E-state index contributed by atoms with van der Waals surface area (Å²) in [6.45, 7) is 2.22. The van der Waals surface area contributed by atoms with E-state index in [2.05, 4.69) is 37.7 Å². The normalized spacial score (nSPS) is 16.1. The first-order chi connectivity index (χ1) is 12.5. The predicted molar refractivity (Wildman–Crippen MR) is 111 cm³/mol. The highest BCUT2D eigenvalue weighted by molar-refractivity contribution is 9.10. The zero-order valence-electron chi connectivity index (χ0n) is 13.7. The molecule has 0 aliphatic carbocycles.